The van der Waals surface area contributed by atoms with Crippen molar-refractivity contribution in [2.24, 2.45) is 5.92 Å². The lowest BCUT2D eigenvalue weighted by Gasteiger charge is -2.19. The highest BCUT2D eigenvalue weighted by atomic mass is 32.2. The largest absolute Gasteiger partial charge is 0.396 e. The molecule has 0 heterocycles. The maximum atomic E-state index is 8.72. The molecule has 0 saturated carbocycles. The lowest BCUT2D eigenvalue weighted by atomic mass is 10.2. The second-order valence-electron chi connectivity index (χ2n) is 3.71. The summed E-state index contributed by atoms with van der Waals surface area (Å²) in [6.07, 6.45) is 0. The van der Waals surface area contributed by atoms with Crippen molar-refractivity contribution in [3.63, 3.8) is 0 Å². The highest BCUT2D eigenvalue weighted by Gasteiger charge is 2.11. The molecule has 1 atom stereocenters. The van der Waals surface area contributed by atoms with Gasteiger partial charge in [-0.2, -0.15) is 11.8 Å². The number of aliphatic hydroxyl groups excluding tert-OH is 1. The maximum Gasteiger partial charge on any atom is 0.0464 e. The van der Waals surface area contributed by atoms with Crippen LogP contribution in [-0.4, -0.2) is 22.2 Å². The molecule has 2 heteroatoms. The van der Waals surface area contributed by atoms with Crippen LogP contribution in [0.4, 0.5) is 0 Å². The Morgan fingerprint density at radius 2 is 1.90 bits per heavy atom. The molecule has 0 aromatic carbocycles. The van der Waals surface area contributed by atoms with Gasteiger partial charge in [-0.25, -0.2) is 0 Å². The van der Waals surface area contributed by atoms with Gasteiger partial charge in [0.05, 0.1) is 0 Å². The lowest BCUT2D eigenvalue weighted by Crippen LogP contribution is -2.13. The summed E-state index contributed by atoms with van der Waals surface area (Å²) in [6, 6.07) is 0. The Morgan fingerprint density at radius 3 is 2.20 bits per heavy atom. The van der Waals surface area contributed by atoms with Gasteiger partial charge in [0, 0.05) is 11.4 Å². The van der Waals surface area contributed by atoms with Crippen molar-refractivity contribution in [3.05, 3.63) is 0 Å². The Kier molecular flexibility index (Phi) is 4.37. The van der Waals surface area contributed by atoms with Crippen LogP contribution in [0.5, 0.6) is 0 Å². The average molecular weight is 162 g/mol. The Bertz CT molecular complexity index is 85.7. The topological polar surface area (TPSA) is 20.2 Å². The Balaban J connectivity index is 3.36. The van der Waals surface area contributed by atoms with Crippen LogP contribution in [0.25, 0.3) is 0 Å². The molecular formula is C8H18OS. The minimum absolute atomic E-state index is 0.309. The standard InChI is InChI=1S/C8H18OS/c1-7(5-9)6-10-8(2,3)4/h7,9H,5-6H2,1-4H3. The van der Waals surface area contributed by atoms with Crippen LogP contribution in [-0.2, 0) is 0 Å². The first-order chi connectivity index (χ1) is 4.45. The first kappa shape index (κ1) is 10.3. The Morgan fingerprint density at radius 1 is 1.40 bits per heavy atom. The number of hydrogen-bond acceptors (Lipinski definition) is 2. The van der Waals surface area contributed by atoms with Gasteiger partial charge in [-0.15, -0.1) is 0 Å². The van der Waals surface area contributed by atoms with Gasteiger partial charge in [-0.1, -0.05) is 27.7 Å². The van der Waals surface area contributed by atoms with Gasteiger partial charge in [-0.05, 0) is 11.7 Å². The molecule has 0 aliphatic rings. The third-order valence-electron chi connectivity index (χ3n) is 1.11. The van der Waals surface area contributed by atoms with Crippen molar-refractivity contribution in [1.82, 2.24) is 0 Å². The molecule has 0 radical (unpaired) electrons. The van der Waals surface area contributed by atoms with E-state index in [0.29, 0.717) is 17.3 Å². The second kappa shape index (κ2) is 4.24. The van der Waals surface area contributed by atoms with Crippen molar-refractivity contribution >= 4 is 11.8 Å². The van der Waals surface area contributed by atoms with E-state index in [0.717, 1.165) is 5.75 Å². The minimum Gasteiger partial charge on any atom is -0.396 e. The molecule has 0 fully saturated rings. The zero-order valence-corrected chi connectivity index (χ0v) is 8.16. The molecule has 1 N–H and O–H groups in total. The number of aliphatic hydroxyl groups is 1. The first-order valence-electron chi connectivity index (χ1n) is 3.70. The second-order valence-corrected chi connectivity index (χ2v) is 5.56. The van der Waals surface area contributed by atoms with E-state index >= 15 is 0 Å². The van der Waals surface area contributed by atoms with Crippen LogP contribution in [0.2, 0.25) is 0 Å². The predicted molar refractivity (Wildman–Crippen MR) is 48.5 cm³/mol. The highest BCUT2D eigenvalue weighted by Crippen LogP contribution is 2.24. The normalized spacial score (nSPS) is 15.3. The summed E-state index contributed by atoms with van der Waals surface area (Å²) >= 11 is 1.91. The molecule has 62 valence electrons. The van der Waals surface area contributed by atoms with E-state index in [9.17, 15) is 0 Å². The summed E-state index contributed by atoms with van der Waals surface area (Å²) in [7, 11) is 0. The monoisotopic (exact) mass is 162 g/mol. The molecule has 0 aliphatic carbocycles. The van der Waals surface area contributed by atoms with E-state index in [-0.39, 0.29) is 0 Å². The van der Waals surface area contributed by atoms with Crippen molar-refractivity contribution in [2.75, 3.05) is 12.4 Å². The zero-order chi connectivity index (χ0) is 8.20. The average Bonchev–Trinajstić information content (AvgIpc) is 1.81. The SMILES string of the molecule is CC(CO)CSC(C)(C)C. The van der Waals surface area contributed by atoms with Gasteiger partial charge >= 0.3 is 0 Å². The van der Waals surface area contributed by atoms with E-state index in [1.54, 1.807) is 0 Å². The van der Waals surface area contributed by atoms with E-state index in [4.69, 9.17) is 5.11 Å². The predicted octanol–water partition coefficient (Wildman–Crippen LogP) is 2.15. The van der Waals surface area contributed by atoms with E-state index in [1.807, 2.05) is 11.8 Å². The summed E-state index contributed by atoms with van der Waals surface area (Å²) in [5.41, 5.74) is 0. The van der Waals surface area contributed by atoms with Crippen molar-refractivity contribution < 1.29 is 5.11 Å². The third-order valence-corrected chi connectivity index (χ3v) is 2.71. The fraction of sp³-hybridized carbons (Fsp3) is 1.00. The van der Waals surface area contributed by atoms with E-state index in [1.165, 1.54) is 0 Å². The minimum atomic E-state index is 0.309. The molecule has 0 saturated heterocycles. The third kappa shape index (κ3) is 6.43. The highest BCUT2D eigenvalue weighted by molar-refractivity contribution is 8.00. The van der Waals surface area contributed by atoms with Gasteiger partial charge in [0.15, 0.2) is 0 Å². The molecule has 0 aliphatic heterocycles. The Hall–Kier alpha value is 0.310. The van der Waals surface area contributed by atoms with Gasteiger partial charge < -0.3 is 5.11 Å². The summed E-state index contributed by atoms with van der Waals surface area (Å²) in [5.74, 6) is 1.49. The smallest absolute Gasteiger partial charge is 0.0464 e. The zero-order valence-electron chi connectivity index (χ0n) is 7.35. The van der Waals surface area contributed by atoms with Crippen molar-refractivity contribution in [1.29, 1.82) is 0 Å². The van der Waals surface area contributed by atoms with Crippen molar-refractivity contribution in [2.45, 2.75) is 32.4 Å². The van der Waals surface area contributed by atoms with E-state index < -0.39 is 0 Å². The van der Waals surface area contributed by atoms with Gasteiger partial charge in [0.25, 0.3) is 0 Å². The van der Waals surface area contributed by atoms with Crippen LogP contribution in [0, 0.1) is 5.92 Å². The van der Waals surface area contributed by atoms with Crippen LogP contribution in [0.1, 0.15) is 27.7 Å². The van der Waals surface area contributed by atoms with Gasteiger partial charge in [-0.3, -0.25) is 0 Å². The summed E-state index contributed by atoms with van der Waals surface area (Å²) in [6.45, 7) is 8.97. The van der Waals surface area contributed by atoms with Crippen LogP contribution in [0.3, 0.4) is 0 Å². The van der Waals surface area contributed by atoms with Crippen LogP contribution < -0.4 is 0 Å². The van der Waals surface area contributed by atoms with Crippen LogP contribution >= 0.6 is 11.8 Å². The molecule has 10 heavy (non-hydrogen) atoms. The molecule has 0 aromatic heterocycles. The van der Waals surface area contributed by atoms with Crippen LogP contribution in [0.15, 0.2) is 0 Å². The summed E-state index contributed by atoms with van der Waals surface area (Å²) in [4.78, 5) is 0. The summed E-state index contributed by atoms with van der Waals surface area (Å²) < 4.78 is 0.337. The van der Waals surface area contributed by atoms with Crippen molar-refractivity contribution in [3.8, 4) is 0 Å². The van der Waals surface area contributed by atoms with Gasteiger partial charge in [0.1, 0.15) is 0 Å². The first-order valence-corrected chi connectivity index (χ1v) is 4.69. The quantitative estimate of drug-likeness (QED) is 0.686. The fourth-order valence-electron chi connectivity index (χ4n) is 0.445. The van der Waals surface area contributed by atoms with E-state index in [2.05, 4.69) is 27.7 Å². The fourth-order valence-corrected chi connectivity index (χ4v) is 1.33. The molecule has 0 spiro atoms. The van der Waals surface area contributed by atoms with Gasteiger partial charge in [0.2, 0.25) is 0 Å². The molecular weight excluding hydrogens is 144 g/mol. The number of hydrogen-bond donors (Lipinski definition) is 1. The summed E-state index contributed by atoms with van der Waals surface area (Å²) in [5, 5.41) is 8.72. The molecule has 0 bridgehead atoms. The number of rotatable bonds is 3. The Labute approximate surface area is 68.2 Å². The molecule has 0 amide bonds. The lowest BCUT2D eigenvalue weighted by molar-refractivity contribution is 0.250. The number of thioether (sulfide) groups is 1. The molecule has 1 unspecified atom stereocenters. The molecule has 1 nitrogen and oxygen atoms in total. The maximum absolute atomic E-state index is 8.72. The molecule has 0 aromatic rings. The molecule has 0 rings (SSSR count).